The summed E-state index contributed by atoms with van der Waals surface area (Å²) in [5.74, 6) is -1.25. The quantitative estimate of drug-likeness (QED) is 0.419. The van der Waals surface area contributed by atoms with Crippen LogP contribution in [-0.2, 0) is 9.53 Å². The van der Waals surface area contributed by atoms with Gasteiger partial charge in [0.15, 0.2) is 5.03 Å². The summed E-state index contributed by atoms with van der Waals surface area (Å²) >= 11 is 0. The topological polar surface area (TPSA) is 132 Å². The SMILES string of the molecule is CC(C)(C)OC(=O)N[C@H](CSSc1ncccc1[N+](=O)[O-])C(=O)O. The summed E-state index contributed by atoms with van der Waals surface area (Å²) in [4.78, 5) is 37.0. The van der Waals surface area contributed by atoms with Gasteiger partial charge in [-0.3, -0.25) is 10.1 Å². The third kappa shape index (κ3) is 7.04. The molecule has 2 N–H and O–H groups in total. The maximum Gasteiger partial charge on any atom is 0.408 e. The number of carboxylic acid groups (broad SMARTS) is 1. The minimum absolute atomic E-state index is 0.0209. The van der Waals surface area contributed by atoms with Crippen molar-refractivity contribution in [3.63, 3.8) is 0 Å². The van der Waals surface area contributed by atoms with E-state index in [1.54, 1.807) is 20.8 Å². The molecule has 11 heteroatoms. The minimum atomic E-state index is -1.23. The Labute approximate surface area is 146 Å². The van der Waals surface area contributed by atoms with Crippen molar-refractivity contribution in [2.75, 3.05) is 5.75 Å². The Balaban J connectivity index is 2.61. The van der Waals surface area contributed by atoms with Crippen LogP contribution in [0, 0.1) is 10.1 Å². The van der Waals surface area contributed by atoms with Crippen LogP contribution in [-0.4, -0.2) is 44.5 Å². The monoisotopic (exact) mass is 375 g/mol. The van der Waals surface area contributed by atoms with Crippen molar-refractivity contribution >= 4 is 39.3 Å². The Hall–Kier alpha value is -2.01. The normalized spacial score (nSPS) is 12.3. The zero-order chi connectivity index (χ0) is 18.3. The van der Waals surface area contributed by atoms with E-state index in [1.807, 2.05) is 0 Å². The maximum atomic E-state index is 11.6. The molecule has 9 nitrogen and oxygen atoms in total. The molecular weight excluding hydrogens is 358 g/mol. The van der Waals surface area contributed by atoms with Crippen molar-refractivity contribution < 1.29 is 24.4 Å². The first-order valence-corrected chi connectivity index (χ1v) is 9.03. The predicted molar refractivity (Wildman–Crippen MR) is 90.0 cm³/mol. The summed E-state index contributed by atoms with van der Waals surface area (Å²) in [6.07, 6.45) is 0.563. The highest BCUT2D eigenvalue weighted by Crippen LogP contribution is 2.35. The first-order valence-electron chi connectivity index (χ1n) is 6.71. The van der Waals surface area contributed by atoms with E-state index in [2.05, 4.69) is 10.3 Å². The molecule has 0 unspecified atom stereocenters. The van der Waals surface area contributed by atoms with Crippen LogP contribution in [0.15, 0.2) is 23.4 Å². The van der Waals surface area contributed by atoms with E-state index in [0.29, 0.717) is 0 Å². The van der Waals surface area contributed by atoms with Gasteiger partial charge in [0.1, 0.15) is 11.6 Å². The molecule has 0 aliphatic carbocycles. The van der Waals surface area contributed by atoms with Gasteiger partial charge in [-0.2, -0.15) is 0 Å². The molecule has 0 radical (unpaired) electrons. The molecule has 1 rings (SSSR count). The lowest BCUT2D eigenvalue weighted by Crippen LogP contribution is -2.44. The van der Waals surface area contributed by atoms with Gasteiger partial charge in [-0.15, -0.1) is 0 Å². The average Bonchev–Trinajstić information content (AvgIpc) is 2.44. The molecule has 1 heterocycles. The van der Waals surface area contributed by atoms with Crippen molar-refractivity contribution in [2.24, 2.45) is 0 Å². The lowest BCUT2D eigenvalue weighted by molar-refractivity contribution is -0.388. The number of hydrogen-bond donors (Lipinski definition) is 2. The Morgan fingerprint density at radius 2 is 2.17 bits per heavy atom. The number of nitrogens with zero attached hydrogens (tertiary/aromatic N) is 2. The Kier molecular flexibility index (Phi) is 7.29. The first kappa shape index (κ1) is 20.0. The number of carbonyl (C=O) groups excluding carboxylic acids is 1. The summed E-state index contributed by atoms with van der Waals surface area (Å²) in [5.41, 5.74) is -0.911. The second-order valence-electron chi connectivity index (χ2n) is 5.49. The van der Waals surface area contributed by atoms with Crippen LogP contribution in [0.25, 0.3) is 0 Å². The molecule has 0 saturated heterocycles. The third-order valence-corrected chi connectivity index (χ3v) is 4.60. The van der Waals surface area contributed by atoms with E-state index in [1.165, 1.54) is 18.3 Å². The van der Waals surface area contributed by atoms with Gasteiger partial charge in [-0.1, -0.05) is 10.8 Å². The van der Waals surface area contributed by atoms with Crippen LogP contribution in [0.3, 0.4) is 0 Å². The van der Waals surface area contributed by atoms with Crippen LogP contribution < -0.4 is 5.32 Å². The van der Waals surface area contributed by atoms with Crippen LogP contribution >= 0.6 is 21.6 Å². The molecule has 24 heavy (non-hydrogen) atoms. The number of ether oxygens (including phenoxy) is 1. The van der Waals surface area contributed by atoms with Crippen molar-refractivity contribution in [1.29, 1.82) is 0 Å². The molecule has 1 aromatic heterocycles. The highest BCUT2D eigenvalue weighted by molar-refractivity contribution is 8.76. The number of aromatic nitrogens is 1. The summed E-state index contributed by atoms with van der Waals surface area (Å²) < 4.78 is 5.00. The van der Waals surface area contributed by atoms with E-state index in [0.717, 1.165) is 21.6 Å². The van der Waals surface area contributed by atoms with E-state index < -0.39 is 28.6 Å². The Morgan fingerprint density at radius 3 is 2.71 bits per heavy atom. The zero-order valence-electron chi connectivity index (χ0n) is 13.2. The lowest BCUT2D eigenvalue weighted by Gasteiger charge is -2.21. The number of carboxylic acids is 1. The van der Waals surface area contributed by atoms with E-state index in [9.17, 15) is 19.7 Å². The fourth-order valence-corrected chi connectivity index (χ4v) is 3.57. The van der Waals surface area contributed by atoms with Gasteiger partial charge in [0.25, 0.3) is 0 Å². The fraction of sp³-hybridized carbons (Fsp3) is 0.462. The average molecular weight is 375 g/mol. The number of amides is 1. The van der Waals surface area contributed by atoms with Gasteiger partial charge in [0, 0.05) is 18.0 Å². The summed E-state index contributed by atoms with van der Waals surface area (Å²) in [7, 11) is 2.00. The Morgan fingerprint density at radius 1 is 1.50 bits per heavy atom. The van der Waals surface area contributed by atoms with Gasteiger partial charge in [-0.05, 0) is 37.6 Å². The summed E-state index contributed by atoms with van der Waals surface area (Å²) in [6, 6.07) is 1.56. The van der Waals surface area contributed by atoms with E-state index in [4.69, 9.17) is 9.84 Å². The molecule has 0 aliphatic rings. The molecule has 132 valence electrons. The lowest BCUT2D eigenvalue weighted by atomic mass is 10.2. The number of carbonyl (C=O) groups is 2. The van der Waals surface area contributed by atoms with Crippen molar-refractivity contribution in [3.05, 3.63) is 28.4 Å². The van der Waals surface area contributed by atoms with Crippen LogP contribution in [0.2, 0.25) is 0 Å². The number of rotatable bonds is 7. The smallest absolute Gasteiger partial charge is 0.408 e. The van der Waals surface area contributed by atoms with Crippen LogP contribution in [0.5, 0.6) is 0 Å². The van der Waals surface area contributed by atoms with Crippen LogP contribution in [0.1, 0.15) is 20.8 Å². The molecule has 1 aromatic rings. The zero-order valence-corrected chi connectivity index (χ0v) is 14.8. The molecule has 0 aromatic carbocycles. The first-order chi connectivity index (χ1) is 11.1. The molecule has 0 spiro atoms. The number of aliphatic carboxylic acids is 1. The van der Waals surface area contributed by atoms with Crippen LogP contribution in [0.4, 0.5) is 10.5 Å². The van der Waals surface area contributed by atoms with E-state index in [-0.39, 0.29) is 16.5 Å². The Bertz CT molecular complexity index is 620. The highest BCUT2D eigenvalue weighted by atomic mass is 33.1. The molecule has 1 amide bonds. The molecule has 1 atom stereocenters. The standard InChI is InChI=1S/C13H17N3O6S2/c1-13(2,3)22-12(19)15-8(11(17)18)7-23-24-10-9(16(20)21)5-4-6-14-10/h4-6,8H,7H2,1-3H3,(H,15,19)(H,17,18)/t8-/m1/s1. The van der Waals surface area contributed by atoms with Gasteiger partial charge in [0.05, 0.1) is 4.92 Å². The second kappa shape index (κ2) is 8.73. The largest absolute Gasteiger partial charge is 0.480 e. The van der Waals surface area contributed by atoms with Crippen molar-refractivity contribution in [3.8, 4) is 0 Å². The van der Waals surface area contributed by atoms with Crippen molar-refractivity contribution in [1.82, 2.24) is 10.3 Å². The van der Waals surface area contributed by atoms with Gasteiger partial charge in [-0.25, -0.2) is 14.6 Å². The van der Waals surface area contributed by atoms with Gasteiger partial charge in [0.2, 0.25) is 0 Å². The molecule has 0 saturated carbocycles. The van der Waals surface area contributed by atoms with E-state index >= 15 is 0 Å². The molecule has 0 fully saturated rings. The van der Waals surface area contributed by atoms with Gasteiger partial charge >= 0.3 is 17.7 Å². The van der Waals surface area contributed by atoms with Gasteiger partial charge < -0.3 is 15.2 Å². The number of nitro groups is 1. The fourth-order valence-electron chi connectivity index (χ4n) is 1.37. The second-order valence-corrected chi connectivity index (χ2v) is 7.82. The third-order valence-electron chi connectivity index (χ3n) is 2.31. The minimum Gasteiger partial charge on any atom is -0.480 e. The highest BCUT2D eigenvalue weighted by Gasteiger charge is 2.25. The molecule has 0 bridgehead atoms. The number of nitrogens with one attached hydrogen (secondary N) is 1. The maximum absolute atomic E-state index is 11.6. The number of pyridine rings is 1. The summed E-state index contributed by atoms with van der Waals surface area (Å²) in [6.45, 7) is 4.98. The molecule has 0 aliphatic heterocycles. The number of alkyl carbamates (subject to hydrolysis) is 1. The molecular formula is C13H17N3O6S2. The van der Waals surface area contributed by atoms with Crippen molar-refractivity contribution in [2.45, 2.75) is 37.4 Å². The summed E-state index contributed by atoms with van der Waals surface area (Å²) in [5, 5.41) is 22.4. The predicted octanol–water partition coefficient (Wildman–Crippen LogP) is 2.71. The number of hydrogen-bond acceptors (Lipinski definition) is 8.